The first-order valence-electron chi connectivity index (χ1n) is 11.9. The van der Waals surface area contributed by atoms with Crippen LogP contribution in [0.5, 0.6) is 5.75 Å². The molecule has 3 N–H and O–H groups in total. The molecule has 0 bridgehead atoms. The highest BCUT2D eigenvalue weighted by molar-refractivity contribution is 6.35. The quantitative estimate of drug-likeness (QED) is 0.215. The Morgan fingerprint density at radius 3 is 2.70 bits per heavy atom. The van der Waals surface area contributed by atoms with Gasteiger partial charge in [0.05, 0.1) is 17.3 Å². The molecule has 3 aromatic carbocycles. The number of benzene rings is 3. The van der Waals surface area contributed by atoms with E-state index in [1.165, 1.54) is 6.08 Å². The molecule has 1 amide bonds. The lowest BCUT2D eigenvalue weighted by Gasteiger charge is -2.14. The molecule has 190 valence electrons. The van der Waals surface area contributed by atoms with Crippen molar-refractivity contribution in [3.05, 3.63) is 84.0 Å². The number of amides is 1. The maximum absolute atomic E-state index is 12.3. The largest absolute Gasteiger partial charge is 0.492 e. The van der Waals surface area contributed by atoms with Crippen molar-refractivity contribution in [3.8, 4) is 5.75 Å². The van der Waals surface area contributed by atoms with Crippen molar-refractivity contribution in [3.63, 3.8) is 0 Å². The topological polar surface area (TPSA) is 91.4 Å². The van der Waals surface area contributed by atoms with Gasteiger partial charge in [0.1, 0.15) is 11.6 Å². The van der Waals surface area contributed by atoms with E-state index < -0.39 is 0 Å². The number of aromatic nitrogens is 2. The highest BCUT2D eigenvalue weighted by Gasteiger charge is 2.10. The number of halogens is 1. The first-order chi connectivity index (χ1) is 17.9. The fourth-order valence-corrected chi connectivity index (χ4v) is 3.92. The van der Waals surface area contributed by atoms with Crippen LogP contribution in [0.25, 0.3) is 10.8 Å². The Morgan fingerprint density at radius 2 is 1.89 bits per heavy atom. The molecule has 0 spiro atoms. The number of anilines is 5. The second-order valence-electron chi connectivity index (χ2n) is 8.49. The number of carbonyl (C=O) groups excluding carboxylic acids is 1. The third-order valence-corrected chi connectivity index (χ3v) is 5.59. The summed E-state index contributed by atoms with van der Waals surface area (Å²) >= 11 is 6.47. The Bertz CT molecular complexity index is 1420. The van der Waals surface area contributed by atoms with E-state index in [0.717, 1.165) is 16.5 Å². The number of ether oxygens (including phenoxy) is 1. The predicted molar refractivity (Wildman–Crippen MR) is 151 cm³/mol. The second kappa shape index (κ2) is 12.2. The molecule has 0 fully saturated rings. The molecule has 1 heterocycles. The molecule has 0 radical (unpaired) electrons. The van der Waals surface area contributed by atoms with Crippen LogP contribution in [-0.2, 0) is 4.79 Å². The first kappa shape index (κ1) is 25.9. The standard InChI is InChI=1S/C28H29ClN6O2/c1-4-37-25-12-11-20(32-27(36)10-7-15-35(2)3)18-24(25)33-28-30-14-13-26(34-28)31-21-16-19-8-5-6-9-22(19)23(29)17-21/h5-14,16-18H,4,15H2,1-3H3,(H,32,36)(H2,30,31,33,34)/b10-7+. The van der Waals surface area contributed by atoms with Crippen molar-refractivity contribution >= 4 is 57.1 Å². The van der Waals surface area contributed by atoms with Crippen LogP contribution in [0, 0.1) is 0 Å². The van der Waals surface area contributed by atoms with Gasteiger partial charge in [-0.25, -0.2) is 4.98 Å². The van der Waals surface area contributed by atoms with Crippen LogP contribution in [0.1, 0.15) is 6.92 Å². The third-order valence-electron chi connectivity index (χ3n) is 5.27. The smallest absolute Gasteiger partial charge is 0.248 e. The fraction of sp³-hybridized carbons (Fsp3) is 0.179. The number of nitrogens with one attached hydrogen (secondary N) is 3. The molecule has 1 aromatic heterocycles. The van der Waals surface area contributed by atoms with Crippen molar-refractivity contribution in [1.29, 1.82) is 0 Å². The van der Waals surface area contributed by atoms with Crippen LogP contribution < -0.4 is 20.7 Å². The summed E-state index contributed by atoms with van der Waals surface area (Å²) in [5, 5.41) is 12.0. The zero-order valence-corrected chi connectivity index (χ0v) is 21.7. The lowest BCUT2D eigenvalue weighted by molar-refractivity contribution is -0.111. The minimum absolute atomic E-state index is 0.214. The molecule has 4 aromatic rings. The minimum Gasteiger partial charge on any atom is -0.492 e. The fourth-order valence-electron chi connectivity index (χ4n) is 3.63. The van der Waals surface area contributed by atoms with Crippen LogP contribution in [-0.4, -0.2) is 48.0 Å². The predicted octanol–water partition coefficient (Wildman–Crippen LogP) is 6.23. The van der Waals surface area contributed by atoms with Crippen LogP contribution in [0.4, 0.5) is 28.8 Å². The van der Waals surface area contributed by atoms with Gasteiger partial charge in [-0.15, -0.1) is 0 Å². The van der Waals surface area contributed by atoms with Gasteiger partial charge in [0.2, 0.25) is 11.9 Å². The molecular weight excluding hydrogens is 488 g/mol. The SMILES string of the molecule is CCOc1ccc(NC(=O)/C=C/CN(C)C)cc1Nc1nccc(Nc2cc(Cl)c3ccccc3c2)n1. The van der Waals surface area contributed by atoms with E-state index in [-0.39, 0.29) is 5.91 Å². The molecule has 0 saturated heterocycles. The van der Waals surface area contributed by atoms with E-state index in [4.69, 9.17) is 16.3 Å². The van der Waals surface area contributed by atoms with Crippen LogP contribution in [0.2, 0.25) is 5.02 Å². The maximum atomic E-state index is 12.3. The maximum Gasteiger partial charge on any atom is 0.248 e. The van der Waals surface area contributed by atoms with E-state index >= 15 is 0 Å². The second-order valence-corrected chi connectivity index (χ2v) is 8.90. The summed E-state index contributed by atoms with van der Waals surface area (Å²) in [6.07, 6.45) is 4.97. The Hall–Kier alpha value is -4.14. The average Bonchev–Trinajstić information content (AvgIpc) is 2.86. The molecule has 0 unspecified atom stereocenters. The van der Waals surface area contributed by atoms with Crippen molar-refractivity contribution in [2.24, 2.45) is 0 Å². The van der Waals surface area contributed by atoms with Crippen molar-refractivity contribution < 1.29 is 9.53 Å². The number of fused-ring (bicyclic) bond motifs is 1. The molecule has 0 aliphatic carbocycles. The van der Waals surface area contributed by atoms with Gasteiger partial charge < -0.3 is 25.6 Å². The lowest BCUT2D eigenvalue weighted by atomic mass is 10.1. The summed E-state index contributed by atoms with van der Waals surface area (Å²) in [7, 11) is 3.88. The number of hydrogen-bond donors (Lipinski definition) is 3. The van der Waals surface area contributed by atoms with Crippen LogP contribution >= 0.6 is 11.6 Å². The van der Waals surface area contributed by atoms with Gasteiger partial charge in [0, 0.05) is 35.6 Å². The number of nitrogens with zero attached hydrogens (tertiary/aromatic N) is 3. The Balaban J connectivity index is 1.52. The molecule has 0 aliphatic heterocycles. The van der Waals surface area contributed by atoms with E-state index in [1.807, 2.05) is 62.3 Å². The summed E-state index contributed by atoms with van der Waals surface area (Å²) < 4.78 is 5.76. The number of hydrogen-bond acceptors (Lipinski definition) is 7. The van der Waals surface area contributed by atoms with Crippen LogP contribution in [0.3, 0.4) is 0 Å². The van der Waals surface area contributed by atoms with Gasteiger partial charge in [-0.2, -0.15) is 4.98 Å². The van der Waals surface area contributed by atoms with Gasteiger partial charge in [0.15, 0.2) is 0 Å². The Labute approximate surface area is 221 Å². The molecule has 9 heteroatoms. The minimum atomic E-state index is -0.214. The molecule has 8 nitrogen and oxygen atoms in total. The van der Waals surface area contributed by atoms with Gasteiger partial charge in [-0.1, -0.05) is 41.9 Å². The van der Waals surface area contributed by atoms with Crippen molar-refractivity contribution in [2.75, 3.05) is 43.2 Å². The number of rotatable bonds is 10. The molecule has 0 aliphatic rings. The first-order valence-corrected chi connectivity index (χ1v) is 12.2. The van der Waals surface area contributed by atoms with E-state index in [2.05, 4.69) is 25.9 Å². The van der Waals surface area contributed by atoms with Gasteiger partial charge in [-0.05, 0) is 62.8 Å². The van der Waals surface area contributed by atoms with E-state index in [1.54, 1.807) is 36.5 Å². The average molecular weight is 517 g/mol. The van der Waals surface area contributed by atoms with Crippen LogP contribution in [0.15, 0.2) is 79.0 Å². The number of likely N-dealkylation sites (N-methyl/N-ethyl adjacent to an activating group) is 1. The Kier molecular flexibility index (Phi) is 8.56. The van der Waals surface area contributed by atoms with Crippen molar-refractivity contribution in [1.82, 2.24) is 14.9 Å². The normalized spacial score (nSPS) is 11.2. The Morgan fingerprint density at radius 1 is 1.05 bits per heavy atom. The summed E-state index contributed by atoms with van der Waals surface area (Å²) in [5.74, 6) is 1.37. The van der Waals surface area contributed by atoms with Crippen molar-refractivity contribution in [2.45, 2.75) is 6.92 Å². The summed E-state index contributed by atoms with van der Waals surface area (Å²) in [6.45, 7) is 3.07. The zero-order valence-electron chi connectivity index (χ0n) is 21.0. The highest BCUT2D eigenvalue weighted by atomic mass is 35.5. The molecule has 37 heavy (non-hydrogen) atoms. The summed E-state index contributed by atoms with van der Waals surface area (Å²) in [5.41, 5.74) is 2.06. The number of carbonyl (C=O) groups is 1. The lowest BCUT2D eigenvalue weighted by Crippen LogP contribution is -2.13. The molecule has 0 atom stereocenters. The van der Waals surface area contributed by atoms with E-state index in [9.17, 15) is 4.79 Å². The monoisotopic (exact) mass is 516 g/mol. The zero-order chi connectivity index (χ0) is 26.2. The molecule has 0 saturated carbocycles. The summed E-state index contributed by atoms with van der Waals surface area (Å²) in [6, 6.07) is 19.0. The molecular formula is C28H29ClN6O2. The molecule has 4 rings (SSSR count). The third kappa shape index (κ3) is 7.19. The van der Waals surface area contributed by atoms with E-state index in [0.29, 0.717) is 47.1 Å². The van der Waals surface area contributed by atoms with Gasteiger partial charge in [0.25, 0.3) is 0 Å². The summed E-state index contributed by atoms with van der Waals surface area (Å²) in [4.78, 5) is 23.2. The van der Waals surface area contributed by atoms with Gasteiger partial charge in [-0.3, -0.25) is 4.79 Å². The highest BCUT2D eigenvalue weighted by Crippen LogP contribution is 2.31. The van der Waals surface area contributed by atoms with Gasteiger partial charge >= 0.3 is 0 Å².